The van der Waals surface area contributed by atoms with E-state index in [0.717, 1.165) is 18.7 Å². The Morgan fingerprint density at radius 3 is 2.45 bits per heavy atom. The number of aryl methyl sites for hydroxylation is 3. The van der Waals surface area contributed by atoms with Crippen molar-refractivity contribution in [3.05, 3.63) is 35.0 Å². The first-order valence-corrected chi connectivity index (χ1v) is 7.88. The summed E-state index contributed by atoms with van der Waals surface area (Å²) in [5, 5.41) is 14.6. The fourth-order valence-corrected chi connectivity index (χ4v) is 2.52. The van der Waals surface area contributed by atoms with Gasteiger partial charge < -0.3 is 10.6 Å². The summed E-state index contributed by atoms with van der Waals surface area (Å²) in [6.07, 6.45) is 5.18. The van der Waals surface area contributed by atoms with Crippen LogP contribution in [0.5, 0.6) is 0 Å². The molecular weight excluding hydrogens is 274 g/mol. The van der Waals surface area contributed by atoms with E-state index in [4.69, 9.17) is 0 Å². The summed E-state index contributed by atoms with van der Waals surface area (Å²) in [6.45, 7) is 9.37. The molecule has 5 heteroatoms. The molecule has 1 aromatic carbocycles. The van der Waals surface area contributed by atoms with Crippen molar-refractivity contribution in [2.24, 2.45) is 0 Å². The van der Waals surface area contributed by atoms with Gasteiger partial charge >= 0.3 is 0 Å². The van der Waals surface area contributed by atoms with Gasteiger partial charge in [-0.2, -0.15) is 10.1 Å². The maximum Gasteiger partial charge on any atom is 0.244 e. The van der Waals surface area contributed by atoms with Gasteiger partial charge in [0.2, 0.25) is 5.95 Å². The molecule has 2 rings (SSSR count). The van der Waals surface area contributed by atoms with Crippen LogP contribution in [0.4, 0.5) is 17.5 Å². The Labute approximate surface area is 132 Å². The maximum atomic E-state index is 4.47. The third kappa shape index (κ3) is 4.41. The summed E-state index contributed by atoms with van der Waals surface area (Å²) >= 11 is 0. The molecule has 0 unspecified atom stereocenters. The summed E-state index contributed by atoms with van der Waals surface area (Å²) in [7, 11) is 0. The van der Waals surface area contributed by atoms with Crippen molar-refractivity contribution >= 4 is 17.5 Å². The largest absolute Gasteiger partial charge is 0.353 e. The average molecular weight is 299 g/mol. The van der Waals surface area contributed by atoms with Crippen LogP contribution in [-0.4, -0.2) is 21.7 Å². The second-order valence-electron chi connectivity index (χ2n) is 5.70. The van der Waals surface area contributed by atoms with Gasteiger partial charge in [0.1, 0.15) is 0 Å². The molecule has 118 valence electrons. The predicted octanol–water partition coefficient (Wildman–Crippen LogP) is 4.14. The minimum Gasteiger partial charge on any atom is -0.353 e. The van der Waals surface area contributed by atoms with Crippen molar-refractivity contribution in [2.45, 2.75) is 47.0 Å². The van der Waals surface area contributed by atoms with Crippen LogP contribution in [0, 0.1) is 20.8 Å². The van der Waals surface area contributed by atoms with Crippen molar-refractivity contribution in [3.8, 4) is 0 Å². The lowest BCUT2D eigenvalue weighted by atomic mass is 10.1. The summed E-state index contributed by atoms with van der Waals surface area (Å²) in [5.41, 5.74) is 4.75. The van der Waals surface area contributed by atoms with Gasteiger partial charge in [-0.25, -0.2) is 0 Å². The molecule has 0 aliphatic heterocycles. The highest BCUT2D eigenvalue weighted by molar-refractivity contribution is 5.65. The second kappa shape index (κ2) is 7.73. The first-order valence-electron chi connectivity index (χ1n) is 7.88. The van der Waals surface area contributed by atoms with E-state index in [1.54, 1.807) is 6.20 Å². The summed E-state index contributed by atoms with van der Waals surface area (Å²) in [6, 6.07) is 4.32. The highest BCUT2D eigenvalue weighted by atomic mass is 15.3. The van der Waals surface area contributed by atoms with Gasteiger partial charge in [-0.1, -0.05) is 37.5 Å². The van der Waals surface area contributed by atoms with Gasteiger partial charge in [-0.3, -0.25) is 0 Å². The van der Waals surface area contributed by atoms with Gasteiger partial charge in [0.25, 0.3) is 0 Å². The van der Waals surface area contributed by atoms with E-state index in [9.17, 15) is 0 Å². The molecule has 2 aromatic rings. The van der Waals surface area contributed by atoms with Gasteiger partial charge in [-0.15, -0.1) is 5.10 Å². The first kappa shape index (κ1) is 16.2. The summed E-state index contributed by atoms with van der Waals surface area (Å²) < 4.78 is 0. The Bertz CT molecular complexity index is 601. The van der Waals surface area contributed by atoms with Crippen molar-refractivity contribution in [1.29, 1.82) is 0 Å². The zero-order valence-corrected chi connectivity index (χ0v) is 13.9. The molecule has 0 atom stereocenters. The molecule has 2 N–H and O–H groups in total. The third-order valence-electron chi connectivity index (χ3n) is 3.55. The molecule has 0 saturated heterocycles. The number of aromatic nitrogens is 3. The van der Waals surface area contributed by atoms with Crippen LogP contribution in [0.1, 0.15) is 42.9 Å². The summed E-state index contributed by atoms with van der Waals surface area (Å²) in [5.74, 6) is 1.28. The molecule has 0 spiro atoms. The van der Waals surface area contributed by atoms with Crippen LogP contribution < -0.4 is 10.6 Å². The van der Waals surface area contributed by atoms with Gasteiger partial charge in [0.15, 0.2) is 5.82 Å². The number of nitrogens with zero attached hydrogens (tertiary/aromatic N) is 3. The molecular formula is C17H25N5. The number of benzene rings is 1. The molecule has 5 nitrogen and oxygen atoms in total. The van der Waals surface area contributed by atoms with E-state index in [0.29, 0.717) is 11.8 Å². The van der Waals surface area contributed by atoms with Crippen molar-refractivity contribution in [1.82, 2.24) is 15.2 Å². The quantitative estimate of drug-likeness (QED) is 0.752. The van der Waals surface area contributed by atoms with Gasteiger partial charge in [-0.05, 0) is 38.3 Å². The molecule has 0 saturated carbocycles. The fourth-order valence-electron chi connectivity index (χ4n) is 2.52. The van der Waals surface area contributed by atoms with Crippen LogP contribution in [0.25, 0.3) is 0 Å². The molecule has 22 heavy (non-hydrogen) atoms. The van der Waals surface area contributed by atoms with E-state index >= 15 is 0 Å². The third-order valence-corrected chi connectivity index (χ3v) is 3.55. The lowest BCUT2D eigenvalue weighted by Crippen LogP contribution is -2.08. The Morgan fingerprint density at radius 2 is 1.77 bits per heavy atom. The topological polar surface area (TPSA) is 62.7 Å². The molecule has 0 aliphatic rings. The van der Waals surface area contributed by atoms with Crippen LogP contribution >= 0.6 is 0 Å². The van der Waals surface area contributed by atoms with Crippen LogP contribution in [-0.2, 0) is 0 Å². The molecule has 0 aliphatic carbocycles. The SMILES string of the molecule is CCCCCNc1nncc(Nc2c(C)cc(C)cc2C)n1. The molecule has 1 heterocycles. The Hall–Kier alpha value is -2.17. The number of unbranched alkanes of at least 4 members (excludes halogenated alkanes) is 2. The van der Waals surface area contributed by atoms with Crippen LogP contribution in [0.2, 0.25) is 0 Å². The number of hydrogen-bond acceptors (Lipinski definition) is 5. The Kier molecular flexibility index (Phi) is 5.69. The van der Waals surface area contributed by atoms with Crippen molar-refractivity contribution < 1.29 is 0 Å². The molecule has 0 amide bonds. The number of rotatable bonds is 7. The molecule has 1 aromatic heterocycles. The number of nitrogens with one attached hydrogen (secondary N) is 2. The van der Waals surface area contributed by atoms with E-state index < -0.39 is 0 Å². The van der Waals surface area contributed by atoms with Crippen LogP contribution in [0.15, 0.2) is 18.3 Å². The normalized spacial score (nSPS) is 10.5. The molecule has 0 fully saturated rings. The van der Waals surface area contributed by atoms with Crippen molar-refractivity contribution in [2.75, 3.05) is 17.2 Å². The zero-order chi connectivity index (χ0) is 15.9. The minimum absolute atomic E-state index is 0.573. The standard InChI is InChI=1S/C17H25N5/c1-5-6-7-8-18-17-21-15(11-19-22-17)20-16-13(3)9-12(2)10-14(16)4/h9-11H,5-8H2,1-4H3,(H2,18,20,21,22). The lowest BCUT2D eigenvalue weighted by molar-refractivity contribution is 0.738. The average Bonchev–Trinajstić information content (AvgIpc) is 2.48. The predicted molar refractivity (Wildman–Crippen MR) is 91.8 cm³/mol. The number of anilines is 3. The fraction of sp³-hybridized carbons (Fsp3) is 0.471. The summed E-state index contributed by atoms with van der Waals surface area (Å²) in [4.78, 5) is 4.47. The van der Waals surface area contributed by atoms with E-state index in [1.165, 1.54) is 29.5 Å². The van der Waals surface area contributed by atoms with Crippen LogP contribution in [0.3, 0.4) is 0 Å². The maximum absolute atomic E-state index is 4.47. The van der Waals surface area contributed by atoms with Gasteiger partial charge in [0.05, 0.1) is 6.20 Å². The zero-order valence-electron chi connectivity index (χ0n) is 13.9. The Balaban J connectivity index is 2.07. The Morgan fingerprint density at radius 1 is 1.05 bits per heavy atom. The van der Waals surface area contributed by atoms with E-state index in [-0.39, 0.29) is 0 Å². The molecule has 0 radical (unpaired) electrons. The molecule has 0 bridgehead atoms. The lowest BCUT2D eigenvalue weighted by Gasteiger charge is -2.13. The van der Waals surface area contributed by atoms with E-state index in [2.05, 4.69) is 65.6 Å². The smallest absolute Gasteiger partial charge is 0.244 e. The first-order chi connectivity index (χ1) is 10.6. The minimum atomic E-state index is 0.573. The van der Waals surface area contributed by atoms with Gasteiger partial charge in [0, 0.05) is 12.2 Å². The van der Waals surface area contributed by atoms with Crippen molar-refractivity contribution in [3.63, 3.8) is 0 Å². The second-order valence-corrected chi connectivity index (χ2v) is 5.70. The monoisotopic (exact) mass is 299 g/mol. The van der Waals surface area contributed by atoms with E-state index in [1.807, 2.05) is 0 Å². The highest BCUT2D eigenvalue weighted by Crippen LogP contribution is 2.24. The highest BCUT2D eigenvalue weighted by Gasteiger charge is 2.06. The number of hydrogen-bond donors (Lipinski definition) is 2.